The Morgan fingerprint density at radius 1 is 0.355 bits per heavy atom. The lowest BCUT2D eigenvalue weighted by atomic mass is 10.0. The predicted molar refractivity (Wildman–Crippen MR) is 333 cm³/mol. The molecule has 0 radical (unpaired) electrons. The summed E-state index contributed by atoms with van der Waals surface area (Å²) in [5.41, 5.74) is 0. The van der Waals surface area contributed by atoms with Gasteiger partial charge in [-0.2, -0.15) is 0 Å². The van der Waals surface area contributed by atoms with Crippen LogP contribution in [0.3, 0.4) is 0 Å². The minimum Gasteiger partial charge on any atom is -0.466 e. The lowest BCUT2D eigenvalue weighted by Crippen LogP contribution is -2.45. The van der Waals surface area contributed by atoms with Crippen molar-refractivity contribution in [2.24, 2.45) is 0 Å². The van der Waals surface area contributed by atoms with Crippen LogP contribution in [0.5, 0.6) is 0 Å². The molecule has 0 aliphatic rings. The largest absolute Gasteiger partial charge is 0.466 e. The summed E-state index contributed by atoms with van der Waals surface area (Å²) in [6.45, 7) is 4.98. The van der Waals surface area contributed by atoms with Gasteiger partial charge in [-0.05, 0) is 51.4 Å². The van der Waals surface area contributed by atoms with Gasteiger partial charge in [0.25, 0.3) is 0 Å². The Kier molecular flexibility index (Phi) is 64.9. The maximum atomic E-state index is 12.6. The van der Waals surface area contributed by atoms with Crippen LogP contribution in [0.15, 0.2) is 12.2 Å². The summed E-state index contributed by atoms with van der Waals surface area (Å²) >= 11 is 0. The molecule has 6 heteroatoms. The third-order valence-corrected chi connectivity index (χ3v) is 16.6. The Bertz CT molecular complexity index is 1140. The van der Waals surface area contributed by atoms with E-state index in [0.717, 1.165) is 44.9 Å². The van der Waals surface area contributed by atoms with E-state index in [0.29, 0.717) is 25.9 Å². The van der Waals surface area contributed by atoms with E-state index in [2.05, 4.69) is 31.3 Å². The van der Waals surface area contributed by atoms with Crippen molar-refractivity contribution in [2.45, 2.75) is 411 Å². The number of allylic oxidation sites excluding steroid dienone is 2. The second-order valence-corrected chi connectivity index (χ2v) is 24.2. The molecule has 76 heavy (non-hydrogen) atoms. The fourth-order valence-corrected chi connectivity index (χ4v) is 11.2. The van der Waals surface area contributed by atoms with Crippen LogP contribution in [-0.4, -0.2) is 47.4 Å². The van der Waals surface area contributed by atoms with Crippen LogP contribution in [0.2, 0.25) is 0 Å². The monoisotopic (exact) mass is 1070 g/mol. The maximum absolute atomic E-state index is 12.6. The zero-order valence-electron chi connectivity index (χ0n) is 51.8. The van der Waals surface area contributed by atoms with Crippen molar-refractivity contribution in [3.63, 3.8) is 0 Å². The second kappa shape index (κ2) is 66.1. The third kappa shape index (κ3) is 61.8. The summed E-state index contributed by atoms with van der Waals surface area (Å²) in [6, 6.07) is -0.543. The van der Waals surface area contributed by atoms with Gasteiger partial charge in [0.15, 0.2) is 0 Å². The standard InChI is InChI=1S/C70H137NO5/c1-3-5-7-9-11-13-15-17-19-20-21-22-23-24-26-29-32-35-38-42-46-50-54-58-62-68(73)67(66-72)71-69(74)63-59-55-51-47-43-39-36-33-30-27-25-28-31-34-37-41-45-49-53-57-61-65-76-70(75)64-60-56-52-48-44-40-18-16-14-12-10-8-6-4-2/h16,18,67-68,72-73H,3-15,17,19-66H2,1-2H3,(H,71,74)/b18-16-. The van der Waals surface area contributed by atoms with Gasteiger partial charge in [-0.15, -0.1) is 0 Å². The molecular formula is C70H137NO5. The number of rotatable bonds is 66. The molecule has 0 aliphatic carbocycles. The van der Waals surface area contributed by atoms with Gasteiger partial charge in [0.05, 0.1) is 25.4 Å². The second-order valence-electron chi connectivity index (χ2n) is 24.2. The first kappa shape index (κ1) is 74.6. The molecular weight excluding hydrogens is 935 g/mol. The number of hydrogen-bond acceptors (Lipinski definition) is 5. The van der Waals surface area contributed by atoms with Crippen molar-refractivity contribution in [1.29, 1.82) is 0 Å². The van der Waals surface area contributed by atoms with Crippen molar-refractivity contribution >= 4 is 11.9 Å². The van der Waals surface area contributed by atoms with Crippen LogP contribution < -0.4 is 5.32 Å². The van der Waals surface area contributed by atoms with Gasteiger partial charge < -0.3 is 20.3 Å². The molecule has 3 N–H and O–H groups in total. The number of carbonyl (C=O) groups is 2. The van der Waals surface area contributed by atoms with Crippen LogP contribution in [0, 0.1) is 0 Å². The molecule has 0 saturated carbocycles. The topological polar surface area (TPSA) is 95.9 Å². The Morgan fingerprint density at radius 2 is 0.618 bits per heavy atom. The van der Waals surface area contributed by atoms with E-state index in [4.69, 9.17) is 4.74 Å². The molecule has 0 aliphatic heterocycles. The number of nitrogens with one attached hydrogen (secondary N) is 1. The quantitative estimate of drug-likeness (QED) is 0.0320. The molecule has 1 amide bonds. The van der Waals surface area contributed by atoms with E-state index in [-0.39, 0.29) is 18.5 Å². The van der Waals surface area contributed by atoms with E-state index in [1.54, 1.807) is 0 Å². The average Bonchev–Trinajstić information content (AvgIpc) is 3.42. The molecule has 452 valence electrons. The molecule has 2 atom stereocenters. The zero-order chi connectivity index (χ0) is 55.0. The first-order chi connectivity index (χ1) is 37.5. The Labute approximate surface area is 476 Å². The van der Waals surface area contributed by atoms with Gasteiger partial charge in [0.2, 0.25) is 5.91 Å². The van der Waals surface area contributed by atoms with Gasteiger partial charge in [0.1, 0.15) is 0 Å². The first-order valence-corrected chi connectivity index (χ1v) is 34.9. The molecule has 0 aromatic heterocycles. The molecule has 6 nitrogen and oxygen atoms in total. The normalized spacial score (nSPS) is 12.5. The Hall–Kier alpha value is -1.40. The molecule has 0 rings (SSSR count). The van der Waals surface area contributed by atoms with Crippen molar-refractivity contribution in [3.05, 3.63) is 12.2 Å². The highest BCUT2D eigenvalue weighted by atomic mass is 16.5. The van der Waals surface area contributed by atoms with E-state index in [9.17, 15) is 19.8 Å². The fourth-order valence-electron chi connectivity index (χ4n) is 11.2. The lowest BCUT2D eigenvalue weighted by molar-refractivity contribution is -0.143. The molecule has 0 aromatic rings. The van der Waals surface area contributed by atoms with Crippen LogP contribution in [0.1, 0.15) is 399 Å². The van der Waals surface area contributed by atoms with Crippen molar-refractivity contribution < 1.29 is 24.5 Å². The minimum absolute atomic E-state index is 0.00476. The van der Waals surface area contributed by atoms with Crippen molar-refractivity contribution in [1.82, 2.24) is 5.32 Å². The summed E-state index contributed by atoms with van der Waals surface area (Å²) in [5.74, 6) is -0.0261. The molecule has 0 bridgehead atoms. The number of aliphatic hydroxyl groups is 2. The lowest BCUT2D eigenvalue weighted by Gasteiger charge is -2.22. The summed E-state index contributed by atoms with van der Waals surface area (Å²) < 4.78 is 5.48. The number of aliphatic hydroxyl groups excluding tert-OH is 2. The summed E-state index contributed by atoms with van der Waals surface area (Å²) in [6.07, 6.45) is 81.1. The van der Waals surface area contributed by atoms with Crippen LogP contribution >= 0.6 is 0 Å². The molecule has 2 unspecified atom stereocenters. The molecule has 0 saturated heterocycles. The average molecular weight is 1070 g/mol. The number of amides is 1. The molecule has 0 heterocycles. The van der Waals surface area contributed by atoms with Crippen molar-refractivity contribution in [3.8, 4) is 0 Å². The number of carbonyl (C=O) groups excluding carboxylic acids is 2. The Morgan fingerprint density at radius 3 is 0.934 bits per heavy atom. The number of esters is 1. The van der Waals surface area contributed by atoms with E-state index >= 15 is 0 Å². The molecule has 0 spiro atoms. The number of unbranched alkanes of at least 4 members (excludes halogenated alkanes) is 53. The maximum Gasteiger partial charge on any atom is 0.305 e. The van der Waals surface area contributed by atoms with Crippen molar-refractivity contribution in [2.75, 3.05) is 13.2 Å². The van der Waals surface area contributed by atoms with E-state index in [1.165, 1.54) is 321 Å². The zero-order valence-corrected chi connectivity index (χ0v) is 51.8. The van der Waals surface area contributed by atoms with Crippen LogP contribution in [0.25, 0.3) is 0 Å². The molecule has 0 fully saturated rings. The van der Waals surface area contributed by atoms with Gasteiger partial charge in [-0.25, -0.2) is 0 Å². The summed E-state index contributed by atoms with van der Waals surface area (Å²) in [7, 11) is 0. The number of hydrogen-bond donors (Lipinski definition) is 3. The predicted octanol–water partition coefficient (Wildman–Crippen LogP) is 22.4. The summed E-state index contributed by atoms with van der Waals surface area (Å²) in [5, 5.41) is 23.4. The first-order valence-electron chi connectivity index (χ1n) is 34.9. The highest BCUT2D eigenvalue weighted by Crippen LogP contribution is 2.19. The molecule has 0 aromatic carbocycles. The van der Waals surface area contributed by atoms with Crippen LogP contribution in [-0.2, 0) is 14.3 Å². The van der Waals surface area contributed by atoms with E-state index in [1.807, 2.05) is 0 Å². The highest BCUT2D eigenvalue weighted by molar-refractivity contribution is 5.76. The Balaban J connectivity index is 3.38. The SMILES string of the molecule is CCCCCCC/C=C\CCCCCCCC(=O)OCCCCCCCCCCCCCCCCCCCCCCCC(=O)NC(CO)C(O)CCCCCCCCCCCCCCCCCCCCCCCCCC. The highest BCUT2D eigenvalue weighted by Gasteiger charge is 2.20. The fraction of sp³-hybridized carbons (Fsp3) is 0.943. The third-order valence-electron chi connectivity index (χ3n) is 16.6. The van der Waals surface area contributed by atoms with Gasteiger partial charge in [0, 0.05) is 12.8 Å². The van der Waals surface area contributed by atoms with E-state index < -0.39 is 12.1 Å². The smallest absolute Gasteiger partial charge is 0.305 e. The minimum atomic E-state index is -0.666. The van der Waals surface area contributed by atoms with Crippen LogP contribution in [0.4, 0.5) is 0 Å². The number of ether oxygens (including phenoxy) is 1. The van der Waals surface area contributed by atoms with Gasteiger partial charge in [-0.1, -0.05) is 347 Å². The van der Waals surface area contributed by atoms with Gasteiger partial charge >= 0.3 is 5.97 Å². The summed E-state index contributed by atoms with van der Waals surface area (Å²) in [4.78, 5) is 24.6. The van der Waals surface area contributed by atoms with Gasteiger partial charge in [-0.3, -0.25) is 9.59 Å².